The van der Waals surface area contributed by atoms with Crippen LogP contribution < -0.4 is 5.32 Å². The van der Waals surface area contributed by atoms with Gasteiger partial charge in [0, 0.05) is 25.8 Å². The van der Waals surface area contributed by atoms with Gasteiger partial charge in [0.2, 0.25) is 0 Å². The third kappa shape index (κ3) is 3.09. The van der Waals surface area contributed by atoms with Crippen LogP contribution in [-0.2, 0) is 0 Å². The van der Waals surface area contributed by atoms with Crippen LogP contribution in [-0.4, -0.2) is 30.9 Å². The molecule has 1 saturated heterocycles. The molecule has 2 rings (SSSR count). The third-order valence-electron chi connectivity index (χ3n) is 4.15. The Labute approximate surface area is 116 Å². The van der Waals surface area contributed by atoms with Crippen LogP contribution in [0, 0.1) is 12.8 Å². The maximum atomic E-state index is 12.6. The van der Waals surface area contributed by atoms with E-state index < -0.39 is 0 Å². The summed E-state index contributed by atoms with van der Waals surface area (Å²) in [6, 6.07) is 6.01. The molecule has 1 aliphatic rings. The number of piperidine rings is 1. The van der Waals surface area contributed by atoms with E-state index in [4.69, 9.17) is 0 Å². The number of nitrogens with one attached hydrogen (secondary N) is 1. The number of benzene rings is 1. The molecule has 0 aliphatic carbocycles. The number of nitrogens with zero attached hydrogens (tertiary/aromatic N) is 1. The van der Waals surface area contributed by atoms with Gasteiger partial charge in [-0.05, 0) is 37.8 Å². The van der Waals surface area contributed by atoms with Gasteiger partial charge in [-0.25, -0.2) is 0 Å². The van der Waals surface area contributed by atoms with E-state index in [0.29, 0.717) is 0 Å². The molecule has 104 valence electrons. The van der Waals surface area contributed by atoms with Gasteiger partial charge in [-0.2, -0.15) is 0 Å². The minimum Gasteiger partial charge on any atom is -0.387 e. The first-order chi connectivity index (χ1) is 9.15. The molecule has 19 heavy (non-hydrogen) atoms. The van der Waals surface area contributed by atoms with Crippen molar-refractivity contribution < 1.29 is 4.79 Å². The molecule has 1 fully saturated rings. The molecule has 0 radical (unpaired) electrons. The number of amides is 1. The normalized spacial score (nSPS) is 16.5. The lowest BCUT2D eigenvalue weighted by atomic mass is 9.94. The van der Waals surface area contributed by atoms with Gasteiger partial charge in [-0.3, -0.25) is 4.79 Å². The highest BCUT2D eigenvalue weighted by molar-refractivity contribution is 5.99. The number of aryl methyl sites for hydroxylation is 1. The van der Waals surface area contributed by atoms with E-state index in [9.17, 15) is 4.79 Å². The van der Waals surface area contributed by atoms with Crippen molar-refractivity contribution >= 4 is 11.6 Å². The number of hydrogen-bond acceptors (Lipinski definition) is 2. The third-order valence-corrected chi connectivity index (χ3v) is 4.15. The lowest BCUT2D eigenvalue weighted by Gasteiger charge is -2.32. The van der Waals surface area contributed by atoms with E-state index in [1.165, 1.54) is 6.42 Å². The van der Waals surface area contributed by atoms with E-state index >= 15 is 0 Å². The summed E-state index contributed by atoms with van der Waals surface area (Å²) in [5, 5.41) is 3.12. The van der Waals surface area contributed by atoms with Crippen molar-refractivity contribution in [1.82, 2.24) is 4.90 Å². The second-order valence-electron chi connectivity index (χ2n) is 5.44. The average Bonchev–Trinajstić information content (AvgIpc) is 2.46. The van der Waals surface area contributed by atoms with E-state index in [-0.39, 0.29) is 5.91 Å². The van der Waals surface area contributed by atoms with Crippen molar-refractivity contribution in [3.8, 4) is 0 Å². The van der Waals surface area contributed by atoms with Crippen LogP contribution in [0.1, 0.15) is 42.1 Å². The Morgan fingerprint density at radius 3 is 2.63 bits per heavy atom. The summed E-state index contributed by atoms with van der Waals surface area (Å²) in [6.07, 6.45) is 3.51. The SMILES string of the molecule is CCC1CCN(C(=O)c2cc(C)ccc2NC)CC1. The topological polar surface area (TPSA) is 32.3 Å². The highest BCUT2D eigenvalue weighted by Crippen LogP contribution is 2.24. The first-order valence-corrected chi connectivity index (χ1v) is 7.23. The van der Waals surface area contributed by atoms with Crippen molar-refractivity contribution in [1.29, 1.82) is 0 Å². The van der Waals surface area contributed by atoms with Gasteiger partial charge in [0.25, 0.3) is 5.91 Å². The number of likely N-dealkylation sites (tertiary alicyclic amines) is 1. The van der Waals surface area contributed by atoms with Gasteiger partial charge >= 0.3 is 0 Å². The minimum absolute atomic E-state index is 0.169. The molecule has 1 N–H and O–H groups in total. The second kappa shape index (κ2) is 6.09. The van der Waals surface area contributed by atoms with Crippen LogP contribution in [0.2, 0.25) is 0 Å². The standard InChI is InChI=1S/C16H24N2O/c1-4-13-7-9-18(10-8-13)16(19)14-11-12(2)5-6-15(14)17-3/h5-6,11,13,17H,4,7-10H2,1-3H3. The van der Waals surface area contributed by atoms with Gasteiger partial charge in [-0.1, -0.05) is 25.0 Å². The fourth-order valence-electron chi connectivity index (χ4n) is 2.77. The predicted molar refractivity (Wildman–Crippen MR) is 79.6 cm³/mol. The molecular formula is C16H24N2O. The zero-order chi connectivity index (χ0) is 13.8. The molecule has 1 aromatic rings. The van der Waals surface area contributed by atoms with E-state index in [1.54, 1.807) is 0 Å². The van der Waals surface area contributed by atoms with Crippen LogP contribution in [0.4, 0.5) is 5.69 Å². The lowest BCUT2D eigenvalue weighted by molar-refractivity contribution is 0.0689. The highest BCUT2D eigenvalue weighted by atomic mass is 16.2. The Bertz CT molecular complexity index is 448. The molecule has 1 aliphatic heterocycles. The Hall–Kier alpha value is -1.51. The zero-order valence-electron chi connectivity index (χ0n) is 12.2. The van der Waals surface area contributed by atoms with Gasteiger partial charge in [0.15, 0.2) is 0 Å². The fraction of sp³-hybridized carbons (Fsp3) is 0.562. The maximum Gasteiger partial charge on any atom is 0.255 e. The molecule has 0 saturated carbocycles. The molecule has 1 heterocycles. The van der Waals surface area contributed by atoms with Gasteiger partial charge in [-0.15, -0.1) is 0 Å². The first-order valence-electron chi connectivity index (χ1n) is 7.23. The van der Waals surface area contributed by atoms with Crippen molar-refractivity contribution in [2.45, 2.75) is 33.1 Å². The summed E-state index contributed by atoms with van der Waals surface area (Å²) in [6.45, 7) is 6.06. The number of carbonyl (C=O) groups is 1. The molecule has 1 amide bonds. The molecular weight excluding hydrogens is 236 g/mol. The molecule has 3 heteroatoms. The zero-order valence-corrected chi connectivity index (χ0v) is 12.2. The number of carbonyl (C=O) groups excluding carboxylic acids is 1. The Balaban J connectivity index is 2.14. The van der Waals surface area contributed by atoms with Crippen LogP contribution in [0.25, 0.3) is 0 Å². The molecule has 1 aromatic carbocycles. The minimum atomic E-state index is 0.169. The van der Waals surface area contributed by atoms with Crippen LogP contribution in [0.15, 0.2) is 18.2 Å². The summed E-state index contributed by atoms with van der Waals surface area (Å²) in [4.78, 5) is 14.6. The lowest BCUT2D eigenvalue weighted by Crippen LogP contribution is -2.38. The molecule has 3 nitrogen and oxygen atoms in total. The van der Waals surface area contributed by atoms with Crippen LogP contribution in [0.3, 0.4) is 0 Å². The van der Waals surface area contributed by atoms with E-state index in [1.807, 2.05) is 37.1 Å². The molecule has 0 atom stereocenters. The fourth-order valence-corrected chi connectivity index (χ4v) is 2.77. The monoisotopic (exact) mass is 260 g/mol. The molecule has 0 bridgehead atoms. The smallest absolute Gasteiger partial charge is 0.255 e. The second-order valence-corrected chi connectivity index (χ2v) is 5.44. The summed E-state index contributed by atoms with van der Waals surface area (Å²) >= 11 is 0. The van der Waals surface area contributed by atoms with E-state index in [2.05, 4.69) is 12.2 Å². The molecule has 0 spiro atoms. The summed E-state index contributed by atoms with van der Waals surface area (Å²) in [7, 11) is 1.87. The van der Waals surface area contributed by atoms with Gasteiger partial charge in [0.05, 0.1) is 5.56 Å². The number of anilines is 1. The van der Waals surface area contributed by atoms with Crippen LogP contribution in [0.5, 0.6) is 0 Å². The number of hydrogen-bond donors (Lipinski definition) is 1. The van der Waals surface area contributed by atoms with Crippen LogP contribution >= 0.6 is 0 Å². The van der Waals surface area contributed by atoms with Gasteiger partial charge in [0.1, 0.15) is 0 Å². The average molecular weight is 260 g/mol. The van der Waals surface area contributed by atoms with Crippen molar-refractivity contribution in [3.05, 3.63) is 29.3 Å². The Morgan fingerprint density at radius 2 is 2.05 bits per heavy atom. The summed E-state index contributed by atoms with van der Waals surface area (Å²) < 4.78 is 0. The quantitative estimate of drug-likeness (QED) is 0.904. The van der Waals surface area contributed by atoms with Crippen molar-refractivity contribution in [3.63, 3.8) is 0 Å². The molecule has 0 unspecified atom stereocenters. The molecule has 0 aromatic heterocycles. The van der Waals surface area contributed by atoms with Gasteiger partial charge < -0.3 is 10.2 Å². The summed E-state index contributed by atoms with van der Waals surface area (Å²) in [5.41, 5.74) is 2.86. The Morgan fingerprint density at radius 1 is 1.37 bits per heavy atom. The predicted octanol–water partition coefficient (Wildman–Crippen LogP) is 3.30. The summed E-state index contributed by atoms with van der Waals surface area (Å²) in [5.74, 6) is 0.966. The highest BCUT2D eigenvalue weighted by Gasteiger charge is 2.24. The van der Waals surface area contributed by atoms with Crippen molar-refractivity contribution in [2.24, 2.45) is 5.92 Å². The number of rotatable bonds is 3. The largest absolute Gasteiger partial charge is 0.387 e. The Kier molecular flexibility index (Phi) is 4.46. The maximum absolute atomic E-state index is 12.6. The van der Waals surface area contributed by atoms with Crippen molar-refractivity contribution in [2.75, 3.05) is 25.5 Å². The van der Waals surface area contributed by atoms with E-state index in [0.717, 1.165) is 48.7 Å². The first kappa shape index (κ1) is 13.9.